The first kappa shape index (κ1) is 15.6. The highest BCUT2D eigenvalue weighted by Gasteiger charge is 2.61. The molecule has 1 aromatic rings. The number of hydrogen-bond acceptors (Lipinski definition) is 3. The fourth-order valence-electron chi connectivity index (χ4n) is 2.78. The van der Waals surface area contributed by atoms with Crippen LogP contribution in [0.25, 0.3) is 0 Å². The lowest BCUT2D eigenvalue weighted by atomic mass is 10.1. The molecule has 0 unspecified atom stereocenters. The van der Waals surface area contributed by atoms with Crippen LogP contribution >= 0.6 is 0 Å². The van der Waals surface area contributed by atoms with Crippen molar-refractivity contribution in [2.75, 3.05) is 0 Å². The number of esters is 1. The maximum Gasteiger partial charge on any atom is 0.310 e. The van der Waals surface area contributed by atoms with Gasteiger partial charge in [0.15, 0.2) is 0 Å². The highest BCUT2D eigenvalue weighted by Crippen LogP contribution is 2.59. The zero-order valence-corrected chi connectivity index (χ0v) is 13.3. The minimum Gasteiger partial charge on any atom is -0.462 e. The predicted molar refractivity (Wildman–Crippen MR) is 82.6 cm³/mol. The van der Waals surface area contributed by atoms with Crippen LogP contribution in [0.1, 0.15) is 39.2 Å². The van der Waals surface area contributed by atoms with Gasteiger partial charge in [0, 0.05) is 6.42 Å². The van der Waals surface area contributed by atoms with E-state index in [1.807, 2.05) is 12.1 Å². The van der Waals surface area contributed by atoms with Gasteiger partial charge < -0.3 is 9.15 Å². The van der Waals surface area contributed by atoms with E-state index < -0.39 is 0 Å². The van der Waals surface area contributed by atoms with Gasteiger partial charge in [0.05, 0.1) is 5.92 Å². The fourth-order valence-corrected chi connectivity index (χ4v) is 2.78. The summed E-state index contributed by atoms with van der Waals surface area (Å²) in [6.07, 6.45) is 4.64. The number of ether oxygens (including phenoxy) is 1. The molecular formula is C18H24O3. The lowest BCUT2D eigenvalue weighted by Crippen LogP contribution is -2.10. The first-order valence-electron chi connectivity index (χ1n) is 7.36. The van der Waals surface area contributed by atoms with Gasteiger partial charge in [0.2, 0.25) is 0 Å². The summed E-state index contributed by atoms with van der Waals surface area (Å²) in [6.45, 7) is 12.2. The van der Waals surface area contributed by atoms with Crippen molar-refractivity contribution in [1.82, 2.24) is 0 Å². The lowest BCUT2D eigenvalue weighted by molar-refractivity contribution is -0.148. The zero-order chi connectivity index (χ0) is 15.6. The molecule has 21 heavy (non-hydrogen) atoms. The van der Waals surface area contributed by atoms with Crippen LogP contribution in [0.4, 0.5) is 0 Å². The molecule has 2 rings (SSSR count). The second-order valence-electron chi connectivity index (χ2n) is 6.54. The normalized spacial score (nSPS) is 22.5. The number of rotatable bonds is 6. The monoisotopic (exact) mass is 288 g/mol. The van der Waals surface area contributed by atoms with E-state index in [0.717, 1.165) is 5.76 Å². The van der Waals surface area contributed by atoms with Crippen LogP contribution in [0, 0.1) is 17.3 Å². The molecule has 2 atom stereocenters. The van der Waals surface area contributed by atoms with E-state index >= 15 is 0 Å². The van der Waals surface area contributed by atoms with Gasteiger partial charge in [-0.2, -0.15) is 0 Å². The van der Waals surface area contributed by atoms with Crippen molar-refractivity contribution in [3.05, 3.63) is 48.0 Å². The molecule has 0 N–H and O–H groups in total. The zero-order valence-electron chi connectivity index (χ0n) is 13.3. The summed E-state index contributed by atoms with van der Waals surface area (Å²) in [7, 11) is 0. The van der Waals surface area contributed by atoms with Gasteiger partial charge in [-0.25, -0.2) is 0 Å². The van der Waals surface area contributed by atoms with Crippen molar-refractivity contribution in [3.8, 4) is 0 Å². The first-order valence-corrected chi connectivity index (χ1v) is 7.36. The molecule has 0 radical (unpaired) electrons. The molecule has 1 saturated carbocycles. The molecule has 1 aromatic heterocycles. The number of allylic oxidation sites excluding steroid dienone is 3. The van der Waals surface area contributed by atoms with Gasteiger partial charge in [0.1, 0.15) is 18.1 Å². The highest BCUT2D eigenvalue weighted by molar-refractivity contribution is 5.78. The molecular weight excluding hydrogens is 264 g/mol. The Bertz CT molecular complexity index is 559. The topological polar surface area (TPSA) is 39.4 Å². The third-order valence-electron chi connectivity index (χ3n) is 4.10. The van der Waals surface area contributed by atoms with Crippen molar-refractivity contribution < 1.29 is 13.9 Å². The van der Waals surface area contributed by atoms with E-state index in [0.29, 0.717) is 12.2 Å². The minimum atomic E-state index is -0.135. The largest absolute Gasteiger partial charge is 0.462 e. The molecule has 0 saturated heterocycles. The van der Waals surface area contributed by atoms with Gasteiger partial charge >= 0.3 is 5.97 Å². The summed E-state index contributed by atoms with van der Waals surface area (Å²) in [4.78, 5) is 12.2. The summed E-state index contributed by atoms with van der Waals surface area (Å²) in [5.74, 6) is 1.62. The predicted octanol–water partition coefficient (Wildman–Crippen LogP) is 4.29. The smallest absolute Gasteiger partial charge is 0.310 e. The Labute approximate surface area is 126 Å². The third-order valence-corrected chi connectivity index (χ3v) is 4.10. The van der Waals surface area contributed by atoms with Crippen LogP contribution in [-0.2, 0) is 22.6 Å². The average Bonchev–Trinajstić information content (AvgIpc) is 2.75. The standard InChI is InChI=1S/C18H24O3/c1-6-7-13-8-9-14(21-13)11-20-17(19)16-15(10-12(2)3)18(16,4)5/h6,8-10,15-16H,1,7,11H2,2-5H3/t15-,16-/m1/s1. The number of carbonyl (C=O) groups excluding carboxylic acids is 1. The molecule has 3 nitrogen and oxygen atoms in total. The van der Waals surface area contributed by atoms with Crippen molar-refractivity contribution in [2.45, 2.75) is 40.7 Å². The minimum absolute atomic E-state index is 0.00841. The van der Waals surface area contributed by atoms with Crippen molar-refractivity contribution in [2.24, 2.45) is 17.3 Å². The Balaban J connectivity index is 1.90. The fraction of sp³-hybridized carbons (Fsp3) is 0.500. The second-order valence-corrected chi connectivity index (χ2v) is 6.54. The van der Waals surface area contributed by atoms with Crippen LogP contribution in [0.3, 0.4) is 0 Å². The Kier molecular flexibility index (Phi) is 4.40. The Morgan fingerprint density at radius 3 is 2.67 bits per heavy atom. The molecule has 0 bridgehead atoms. The van der Waals surface area contributed by atoms with Crippen LogP contribution in [0.2, 0.25) is 0 Å². The van der Waals surface area contributed by atoms with E-state index in [9.17, 15) is 4.79 Å². The van der Waals surface area contributed by atoms with E-state index in [1.54, 1.807) is 6.08 Å². The van der Waals surface area contributed by atoms with Gasteiger partial charge in [-0.05, 0) is 37.3 Å². The molecule has 1 aliphatic rings. The van der Waals surface area contributed by atoms with Crippen LogP contribution in [0.5, 0.6) is 0 Å². The summed E-state index contributed by atoms with van der Waals surface area (Å²) in [5.41, 5.74) is 1.23. The molecule has 0 amide bonds. The number of carbonyl (C=O) groups is 1. The molecule has 0 aromatic carbocycles. The van der Waals surface area contributed by atoms with Crippen molar-refractivity contribution in [3.63, 3.8) is 0 Å². The molecule has 1 aliphatic carbocycles. The Morgan fingerprint density at radius 1 is 1.38 bits per heavy atom. The quantitative estimate of drug-likeness (QED) is 0.579. The van der Waals surface area contributed by atoms with E-state index in [-0.39, 0.29) is 29.8 Å². The molecule has 0 spiro atoms. The van der Waals surface area contributed by atoms with Crippen LogP contribution in [0.15, 0.2) is 40.9 Å². The number of furan rings is 1. The summed E-state index contributed by atoms with van der Waals surface area (Å²) in [5, 5.41) is 0. The van der Waals surface area contributed by atoms with Crippen LogP contribution < -0.4 is 0 Å². The molecule has 114 valence electrons. The second kappa shape index (κ2) is 5.92. The van der Waals surface area contributed by atoms with Gasteiger partial charge in [-0.3, -0.25) is 4.79 Å². The summed E-state index contributed by atoms with van der Waals surface area (Å²) in [6, 6.07) is 3.73. The Morgan fingerprint density at radius 2 is 2.05 bits per heavy atom. The summed E-state index contributed by atoms with van der Waals surface area (Å²) < 4.78 is 11.0. The summed E-state index contributed by atoms with van der Waals surface area (Å²) >= 11 is 0. The van der Waals surface area contributed by atoms with Gasteiger partial charge in [0.25, 0.3) is 0 Å². The molecule has 1 fully saturated rings. The van der Waals surface area contributed by atoms with Crippen molar-refractivity contribution in [1.29, 1.82) is 0 Å². The SMILES string of the molecule is C=CCc1ccc(COC(=O)[C@H]2[C@@H](C=C(C)C)C2(C)C)o1. The molecule has 3 heteroatoms. The highest BCUT2D eigenvalue weighted by atomic mass is 16.5. The van der Waals surface area contributed by atoms with Gasteiger partial charge in [-0.1, -0.05) is 31.6 Å². The van der Waals surface area contributed by atoms with Crippen LogP contribution in [-0.4, -0.2) is 5.97 Å². The van der Waals surface area contributed by atoms with Gasteiger partial charge in [-0.15, -0.1) is 6.58 Å². The maximum atomic E-state index is 12.2. The lowest BCUT2D eigenvalue weighted by Gasteiger charge is -2.03. The third kappa shape index (κ3) is 3.46. The van der Waals surface area contributed by atoms with E-state index in [4.69, 9.17) is 9.15 Å². The molecule has 0 aliphatic heterocycles. The van der Waals surface area contributed by atoms with E-state index in [1.165, 1.54) is 5.57 Å². The molecule has 1 heterocycles. The number of hydrogen-bond donors (Lipinski definition) is 0. The van der Waals surface area contributed by atoms with E-state index in [2.05, 4.69) is 40.3 Å². The first-order chi connectivity index (χ1) is 9.86. The maximum absolute atomic E-state index is 12.2. The average molecular weight is 288 g/mol. The van der Waals surface area contributed by atoms with Crippen molar-refractivity contribution >= 4 is 5.97 Å². The Hall–Kier alpha value is -1.77.